The van der Waals surface area contributed by atoms with Crippen LogP contribution < -0.4 is 5.73 Å². The van der Waals surface area contributed by atoms with Crippen LogP contribution in [0.2, 0.25) is 0 Å². The van der Waals surface area contributed by atoms with Crippen LogP contribution in [0.15, 0.2) is 34.2 Å². The number of hydrogen-bond acceptors (Lipinski definition) is 9. The van der Waals surface area contributed by atoms with Crippen LogP contribution in [0, 0.1) is 11.8 Å². The van der Waals surface area contributed by atoms with Gasteiger partial charge < -0.3 is 31.0 Å². The number of carbonyl (C=O) groups excluding carboxylic acids is 3. The fraction of sp³-hybridized carbons (Fsp3) is 0.391. The summed E-state index contributed by atoms with van der Waals surface area (Å²) in [5.41, 5.74) is 2.43. The number of amides is 1. The van der Waals surface area contributed by atoms with Gasteiger partial charge in [0, 0.05) is 5.57 Å². The molecule has 3 atom stereocenters. The zero-order valence-electron chi connectivity index (χ0n) is 18.2. The second kappa shape index (κ2) is 7.45. The Kier molecular flexibility index (Phi) is 5.08. The lowest BCUT2D eigenvalue weighted by molar-refractivity contribution is -0.153. The van der Waals surface area contributed by atoms with Gasteiger partial charge in [-0.1, -0.05) is 25.1 Å². The number of aromatic hydroxyl groups is 1. The zero-order valence-corrected chi connectivity index (χ0v) is 18.2. The van der Waals surface area contributed by atoms with E-state index in [-0.39, 0.29) is 41.4 Å². The topological polar surface area (TPSA) is 180 Å². The molecule has 0 spiro atoms. The van der Waals surface area contributed by atoms with Crippen LogP contribution in [0.5, 0.6) is 5.75 Å². The molecular weight excluding hydrogens is 432 g/mol. The number of fused-ring (bicyclic) bond motifs is 3. The Labute approximate surface area is 188 Å². The number of ketones is 2. The molecule has 1 aromatic rings. The van der Waals surface area contributed by atoms with Crippen LogP contribution in [0.25, 0.3) is 5.76 Å². The lowest BCUT2D eigenvalue weighted by Crippen LogP contribution is -2.64. The number of aliphatic hydroxyl groups excluding tert-OH is 2. The number of nitrogens with zero attached hydrogens (tertiary/aromatic N) is 1. The van der Waals surface area contributed by atoms with Crippen molar-refractivity contribution < 1.29 is 39.6 Å². The molecule has 0 heterocycles. The van der Waals surface area contributed by atoms with E-state index in [4.69, 9.17) is 10.6 Å². The predicted octanol–water partition coefficient (Wildman–Crippen LogP) is 1.16. The zero-order chi connectivity index (χ0) is 24.4. The second-order valence-corrected chi connectivity index (χ2v) is 8.81. The van der Waals surface area contributed by atoms with Gasteiger partial charge in [0.2, 0.25) is 11.6 Å². The van der Waals surface area contributed by atoms with Crippen molar-refractivity contribution in [3.8, 4) is 5.75 Å². The Balaban J connectivity index is 1.98. The molecule has 6 N–H and O–H groups in total. The second-order valence-electron chi connectivity index (χ2n) is 8.81. The Bertz CT molecular complexity index is 1210. The average molecular weight is 456 g/mol. The SMILES string of the molecule is CO/N=C1\C(O)=C(C(N)=O)C(=O)[C@@]2(O)C(=O)C3=C(O)c4c(O)ccc(C(C)C)c4C[C@H]3C[C@@H]12. The van der Waals surface area contributed by atoms with Gasteiger partial charge in [-0.05, 0) is 41.9 Å². The molecule has 0 unspecified atom stereocenters. The number of aliphatic hydroxyl groups is 3. The van der Waals surface area contributed by atoms with Crippen LogP contribution in [0.3, 0.4) is 0 Å². The molecule has 1 aromatic carbocycles. The maximum absolute atomic E-state index is 13.6. The number of Topliss-reactive ketones (excluding diaryl/α,β-unsaturated/α-hetero) is 2. The van der Waals surface area contributed by atoms with E-state index in [1.165, 1.54) is 6.07 Å². The van der Waals surface area contributed by atoms with Crippen molar-refractivity contribution in [1.82, 2.24) is 0 Å². The summed E-state index contributed by atoms with van der Waals surface area (Å²) in [4.78, 5) is 43.3. The van der Waals surface area contributed by atoms with Crippen molar-refractivity contribution in [2.75, 3.05) is 7.11 Å². The van der Waals surface area contributed by atoms with Crippen LogP contribution >= 0.6 is 0 Å². The predicted molar refractivity (Wildman–Crippen MR) is 115 cm³/mol. The molecule has 4 rings (SSSR count). The van der Waals surface area contributed by atoms with Gasteiger partial charge in [0.05, 0.1) is 11.5 Å². The first-order valence-electron chi connectivity index (χ1n) is 10.4. The number of primary amides is 1. The maximum atomic E-state index is 13.6. The summed E-state index contributed by atoms with van der Waals surface area (Å²) in [6.07, 6.45) is 0.162. The molecule has 174 valence electrons. The van der Waals surface area contributed by atoms with E-state index in [1.807, 2.05) is 13.8 Å². The smallest absolute Gasteiger partial charge is 0.256 e. The van der Waals surface area contributed by atoms with Gasteiger partial charge in [-0.3, -0.25) is 14.4 Å². The molecule has 0 aromatic heterocycles. The number of oxime groups is 1. The number of rotatable bonds is 3. The first-order chi connectivity index (χ1) is 15.5. The molecule has 33 heavy (non-hydrogen) atoms. The number of nitrogens with two attached hydrogens (primary N) is 1. The van der Waals surface area contributed by atoms with Gasteiger partial charge in [-0.15, -0.1) is 0 Å². The van der Waals surface area contributed by atoms with Gasteiger partial charge in [0.25, 0.3) is 5.91 Å². The number of allylic oxidation sites excluding steroid dienone is 1. The molecule has 0 bridgehead atoms. The van der Waals surface area contributed by atoms with Crippen molar-refractivity contribution in [2.45, 2.75) is 38.2 Å². The highest BCUT2D eigenvalue weighted by Crippen LogP contribution is 2.51. The van der Waals surface area contributed by atoms with Crippen LogP contribution in [0.1, 0.15) is 42.9 Å². The van der Waals surface area contributed by atoms with E-state index >= 15 is 0 Å². The normalized spacial score (nSPS) is 28.1. The van der Waals surface area contributed by atoms with E-state index in [1.54, 1.807) is 6.07 Å². The Morgan fingerprint density at radius 3 is 2.42 bits per heavy atom. The van der Waals surface area contributed by atoms with E-state index in [0.717, 1.165) is 12.7 Å². The third-order valence-corrected chi connectivity index (χ3v) is 6.73. The first kappa shape index (κ1) is 22.5. The molecule has 1 amide bonds. The van der Waals surface area contributed by atoms with Crippen LogP contribution in [0.4, 0.5) is 0 Å². The number of hydrogen-bond donors (Lipinski definition) is 5. The lowest BCUT2D eigenvalue weighted by Gasteiger charge is -2.45. The minimum atomic E-state index is -2.84. The van der Waals surface area contributed by atoms with E-state index in [9.17, 15) is 34.8 Å². The summed E-state index contributed by atoms with van der Waals surface area (Å²) < 4.78 is 0. The number of phenols is 1. The fourth-order valence-electron chi connectivity index (χ4n) is 5.26. The molecule has 0 saturated heterocycles. The van der Waals surface area contributed by atoms with Gasteiger partial charge in [-0.25, -0.2) is 0 Å². The largest absolute Gasteiger partial charge is 0.507 e. The standard InChI is InChI=1S/C23H24N2O8/c1-8(2)10-4-5-13(26)15-11(10)6-9-7-12-17(25-33-3)19(28)16(22(24)31)21(30)23(12,32)20(29)14(9)18(15)27/h4-5,8-9,12,26-28,32H,6-7H2,1-3H3,(H2,24,31)/b25-17-/t9-,12-,23-/m0/s1. The molecular formula is C23H24N2O8. The average Bonchev–Trinajstić information content (AvgIpc) is 2.73. The van der Waals surface area contributed by atoms with Crippen LogP contribution in [-0.4, -0.2) is 56.3 Å². The van der Waals surface area contributed by atoms with Crippen molar-refractivity contribution >= 4 is 28.9 Å². The summed E-state index contributed by atoms with van der Waals surface area (Å²) in [6, 6.07) is 3.16. The van der Waals surface area contributed by atoms with E-state index in [0.29, 0.717) is 5.56 Å². The monoisotopic (exact) mass is 456 g/mol. The molecule has 0 aliphatic heterocycles. The molecule has 1 fully saturated rings. The molecule has 1 saturated carbocycles. The lowest BCUT2D eigenvalue weighted by atomic mass is 9.58. The van der Waals surface area contributed by atoms with Gasteiger partial charge in [0.1, 0.15) is 29.9 Å². The summed E-state index contributed by atoms with van der Waals surface area (Å²) in [7, 11) is 1.16. The highest BCUT2D eigenvalue weighted by Gasteiger charge is 2.64. The number of benzene rings is 1. The number of carbonyl (C=O) groups is 3. The first-order valence-corrected chi connectivity index (χ1v) is 10.4. The Morgan fingerprint density at radius 1 is 1.18 bits per heavy atom. The third kappa shape index (κ3) is 2.90. The maximum Gasteiger partial charge on any atom is 0.256 e. The van der Waals surface area contributed by atoms with Crippen molar-refractivity contribution in [1.29, 1.82) is 0 Å². The minimum absolute atomic E-state index is 0.0527. The molecule has 10 heteroatoms. The summed E-state index contributed by atoms with van der Waals surface area (Å²) in [5.74, 6) is -7.45. The Hall–Kier alpha value is -3.66. The number of phenolic OH excluding ortho intramolecular Hbond substituents is 1. The van der Waals surface area contributed by atoms with Gasteiger partial charge in [-0.2, -0.15) is 0 Å². The molecule has 3 aliphatic rings. The molecule has 10 nitrogen and oxygen atoms in total. The summed E-state index contributed by atoms with van der Waals surface area (Å²) in [6.45, 7) is 3.90. The van der Waals surface area contributed by atoms with Gasteiger partial charge in [0.15, 0.2) is 11.4 Å². The molecule has 3 aliphatic carbocycles. The Morgan fingerprint density at radius 2 is 1.85 bits per heavy atom. The van der Waals surface area contributed by atoms with Crippen molar-refractivity contribution in [3.05, 3.63) is 45.7 Å². The van der Waals surface area contributed by atoms with Crippen molar-refractivity contribution in [2.24, 2.45) is 22.7 Å². The third-order valence-electron chi connectivity index (χ3n) is 6.73. The quantitative estimate of drug-likeness (QED) is 0.255. The van der Waals surface area contributed by atoms with Crippen molar-refractivity contribution in [3.63, 3.8) is 0 Å². The van der Waals surface area contributed by atoms with Crippen LogP contribution in [-0.2, 0) is 25.6 Å². The summed E-state index contributed by atoms with van der Waals surface area (Å²) >= 11 is 0. The minimum Gasteiger partial charge on any atom is -0.507 e. The van der Waals surface area contributed by atoms with Gasteiger partial charge >= 0.3 is 0 Å². The van der Waals surface area contributed by atoms with E-state index < -0.39 is 52.0 Å². The van der Waals surface area contributed by atoms with E-state index in [2.05, 4.69) is 5.16 Å². The molecule has 0 radical (unpaired) electrons. The summed E-state index contributed by atoms with van der Waals surface area (Å²) in [5, 5.41) is 47.1. The highest BCUT2D eigenvalue weighted by atomic mass is 16.6. The highest BCUT2D eigenvalue weighted by molar-refractivity contribution is 6.38. The fourth-order valence-corrected chi connectivity index (χ4v) is 5.26.